The minimum Gasteiger partial charge on any atom is -0.326 e. The monoisotopic (exact) mass is 207 g/mol. The van der Waals surface area contributed by atoms with Gasteiger partial charge in [-0.3, -0.25) is 0 Å². The predicted molar refractivity (Wildman–Crippen MR) is 44.0 cm³/mol. The summed E-state index contributed by atoms with van der Waals surface area (Å²) in [4.78, 5) is 0. The van der Waals surface area contributed by atoms with Crippen molar-refractivity contribution in [3.8, 4) is 0 Å². The van der Waals surface area contributed by atoms with Gasteiger partial charge in [-0.1, -0.05) is 0 Å². The molecule has 0 aliphatic heterocycles. The van der Waals surface area contributed by atoms with Crippen LogP contribution < -0.4 is 5.73 Å². The molecule has 0 aliphatic carbocycles. The molecule has 0 unspecified atom stereocenters. The van der Waals surface area contributed by atoms with Crippen LogP contribution in [0.25, 0.3) is 0 Å². The first-order valence-corrected chi connectivity index (χ1v) is 3.92. The Hall–Kier alpha value is -1.10. The van der Waals surface area contributed by atoms with E-state index in [0.29, 0.717) is 0 Å². The van der Waals surface area contributed by atoms with E-state index >= 15 is 0 Å². The fraction of sp³-hybridized carbons (Fsp3) is 0.333. The highest BCUT2D eigenvalue weighted by molar-refractivity contribution is 5.34. The van der Waals surface area contributed by atoms with Crippen molar-refractivity contribution in [2.45, 2.75) is 19.6 Å². The number of benzene rings is 1. The van der Waals surface area contributed by atoms with E-state index in [9.17, 15) is 17.6 Å². The Morgan fingerprint density at radius 2 is 1.86 bits per heavy atom. The van der Waals surface area contributed by atoms with Gasteiger partial charge in [-0.25, -0.2) is 4.39 Å². The molecule has 14 heavy (non-hydrogen) atoms. The first-order valence-electron chi connectivity index (χ1n) is 3.92. The second-order valence-electron chi connectivity index (χ2n) is 2.97. The Bertz CT molecular complexity index is 343. The minimum atomic E-state index is -4.55. The van der Waals surface area contributed by atoms with E-state index in [1.807, 2.05) is 0 Å². The Kier molecular flexibility index (Phi) is 2.80. The summed E-state index contributed by atoms with van der Waals surface area (Å²) in [6.07, 6.45) is -4.55. The maximum atomic E-state index is 13.1. The van der Waals surface area contributed by atoms with E-state index < -0.39 is 29.7 Å². The van der Waals surface area contributed by atoms with Gasteiger partial charge in [0.25, 0.3) is 0 Å². The normalized spacial score (nSPS) is 11.9. The number of hydrogen-bond acceptors (Lipinski definition) is 1. The third-order valence-corrected chi connectivity index (χ3v) is 1.85. The molecule has 0 bridgehead atoms. The molecule has 1 rings (SSSR count). The van der Waals surface area contributed by atoms with Gasteiger partial charge in [0.1, 0.15) is 5.82 Å². The topological polar surface area (TPSA) is 26.0 Å². The van der Waals surface area contributed by atoms with Gasteiger partial charge in [0.2, 0.25) is 0 Å². The second kappa shape index (κ2) is 3.57. The maximum absolute atomic E-state index is 13.1. The number of hydrogen-bond donors (Lipinski definition) is 1. The number of alkyl halides is 3. The van der Waals surface area contributed by atoms with Crippen LogP contribution in [0.4, 0.5) is 17.6 Å². The molecule has 2 N–H and O–H groups in total. The van der Waals surface area contributed by atoms with E-state index in [-0.39, 0.29) is 5.56 Å². The van der Waals surface area contributed by atoms with Crippen LogP contribution in [0, 0.1) is 12.7 Å². The lowest BCUT2D eigenvalue weighted by Crippen LogP contribution is -2.14. The first-order chi connectivity index (χ1) is 6.36. The molecule has 0 atom stereocenters. The largest absolute Gasteiger partial charge is 0.416 e. The van der Waals surface area contributed by atoms with Crippen LogP contribution in [0.1, 0.15) is 16.7 Å². The summed E-state index contributed by atoms with van der Waals surface area (Å²) in [5.74, 6) is -0.903. The molecule has 1 aromatic rings. The fourth-order valence-electron chi connectivity index (χ4n) is 1.23. The van der Waals surface area contributed by atoms with Crippen LogP contribution in [-0.4, -0.2) is 0 Å². The predicted octanol–water partition coefficient (Wildman–Crippen LogP) is 2.61. The lowest BCUT2D eigenvalue weighted by atomic mass is 10.0. The quantitative estimate of drug-likeness (QED) is 0.704. The lowest BCUT2D eigenvalue weighted by molar-refractivity contribution is -0.138. The first kappa shape index (κ1) is 11.0. The second-order valence-corrected chi connectivity index (χ2v) is 2.97. The molecule has 78 valence electrons. The highest BCUT2D eigenvalue weighted by Crippen LogP contribution is 2.33. The summed E-state index contributed by atoms with van der Waals surface area (Å²) in [5.41, 5.74) is 3.82. The Balaban J connectivity index is 3.40. The molecule has 0 spiro atoms. The van der Waals surface area contributed by atoms with Crippen molar-refractivity contribution in [1.29, 1.82) is 0 Å². The van der Waals surface area contributed by atoms with E-state index in [2.05, 4.69) is 0 Å². The van der Waals surface area contributed by atoms with Crippen LogP contribution in [0.2, 0.25) is 0 Å². The summed E-state index contributed by atoms with van der Waals surface area (Å²) in [6, 6.07) is 1.93. The molecule has 0 radical (unpaired) electrons. The zero-order chi connectivity index (χ0) is 10.9. The lowest BCUT2D eigenvalue weighted by Gasteiger charge is -2.13. The minimum absolute atomic E-state index is 0.229. The summed E-state index contributed by atoms with van der Waals surface area (Å²) in [7, 11) is 0. The summed E-state index contributed by atoms with van der Waals surface area (Å²) < 4.78 is 50.2. The van der Waals surface area contributed by atoms with Gasteiger partial charge >= 0.3 is 6.18 Å². The van der Waals surface area contributed by atoms with Crippen molar-refractivity contribution in [3.05, 3.63) is 34.6 Å². The molecular weight excluding hydrogens is 198 g/mol. The Labute approximate surface area is 78.5 Å². The van der Waals surface area contributed by atoms with Gasteiger partial charge in [-0.15, -0.1) is 0 Å². The molecule has 0 fully saturated rings. The van der Waals surface area contributed by atoms with Crippen molar-refractivity contribution in [3.63, 3.8) is 0 Å². The average molecular weight is 207 g/mol. The number of nitrogens with two attached hydrogens (primary N) is 1. The number of halogens is 4. The number of rotatable bonds is 1. The zero-order valence-electron chi connectivity index (χ0n) is 7.45. The van der Waals surface area contributed by atoms with Crippen molar-refractivity contribution in [2.24, 2.45) is 5.73 Å². The summed E-state index contributed by atoms with van der Waals surface area (Å²) >= 11 is 0. The summed E-state index contributed by atoms with van der Waals surface area (Å²) in [6.45, 7) is 0.944. The Morgan fingerprint density at radius 3 is 2.29 bits per heavy atom. The molecule has 1 aromatic carbocycles. The molecule has 0 amide bonds. The van der Waals surface area contributed by atoms with Gasteiger partial charge < -0.3 is 5.73 Å². The summed E-state index contributed by atoms with van der Waals surface area (Å²) in [5, 5.41) is 0. The highest BCUT2D eigenvalue weighted by atomic mass is 19.4. The van der Waals surface area contributed by atoms with Crippen LogP contribution >= 0.6 is 0 Å². The van der Waals surface area contributed by atoms with Gasteiger partial charge in [0, 0.05) is 12.1 Å². The average Bonchev–Trinajstić information content (AvgIpc) is 2.01. The number of aryl methyl sites for hydroxylation is 1. The van der Waals surface area contributed by atoms with Crippen molar-refractivity contribution in [2.75, 3.05) is 0 Å². The van der Waals surface area contributed by atoms with Crippen molar-refractivity contribution >= 4 is 0 Å². The third kappa shape index (κ3) is 2.04. The molecule has 0 heterocycles. The highest BCUT2D eigenvalue weighted by Gasteiger charge is 2.34. The molecule has 0 aromatic heterocycles. The SMILES string of the molecule is Cc1cc(F)c(CN)c(C(F)(F)F)c1. The van der Waals surface area contributed by atoms with E-state index in [1.165, 1.54) is 6.92 Å². The third-order valence-electron chi connectivity index (χ3n) is 1.85. The van der Waals surface area contributed by atoms with Gasteiger partial charge in [0.05, 0.1) is 5.56 Å². The van der Waals surface area contributed by atoms with Gasteiger partial charge in [0.15, 0.2) is 0 Å². The maximum Gasteiger partial charge on any atom is 0.416 e. The standard InChI is InChI=1S/C9H9F4N/c1-5-2-7(9(11,12)13)6(4-14)8(10)3-5/h2-3H,4,14H2,1H3. The van der Waals surface area contributed by atoms with Crippen LogP contribution in [0.5, 0.6) is 0 Å². The van der Waals surface area contributed by atoms with Crippen LogP contribution in [-0.2, 0) is 12.7 Å². The van der Waals surface area contributed by atoms with Gasteiger partial charge in [-0.2, -0.15) is 13.2 Å². The molecule has 5 heteroatoms. The van der Waals surface area contributed by atoms with E-state index in [1.54, 1.807) is 0 Å². The smallest absolute Gasteiger partial charge is 0.326 e. The Morgan fingerprint density at radius 1 is 1.29 bits per heavy atom. The fourth-order valence-corrected chi connectivity index (χ4v) is 1.23. The van der Waals surface area contributed by atoms with E-state index in [4.69, 9.17) is 5.73 Å². The van der Waals surface area contributed by atoms with Crippen molar-refractivity contribution in [1.82, 2.24) is 0 Å². The van der Waals surface area contributed by atoms with Crippen LogP contribution in [0.15, 0.2) is 12.1 Å². The van der Waals surface area contributed by atoms with Crippen molar-refractivity contribution < 1.29 is 17.6 Å². The molecular formula is C9H9F4N. The van der Waals surface area contributed by atoms with Crippen LogP contribution in [0.3, 0.4) is 0 Å². The molecule has 0 saturated carbocycles. The molecule has 1 nitrogen and oxygen atoms in total. The zero-order valence-corrected chi connectivity index (χ0v) is 7.45. The molecule has 0 saturated heterocycles. The molecule has 0 aliphatic rings. The van der Waals surface area contributed by atoms with Gasteiger partial charge in [-0.05, 0) is 24.6 Å². The van der Waals surface area contributed by atoms with E-state index in [0.717, 1.165) is 12.1 Å².